The third kappa shape index (κ3) is 2.07. The molecule has 0 aromatic heterocycles. The molecule has 6 nitrogen and oxygen atoms in total. The predicted octanol–water partition coefficient (Wildman–Crippen LogP) is 0.666. The number of carbonyl (C=O) groups excluding carboxylic acids is 1. The van der Waals surface area contributed by atoms with E-state index in [4.69, 9.17) is 5.11 Å². The van der Waals surface area contributed by atoms with Gasteiger partial charge in [-0.2, -0.15) is 0 Å². The number of carboxylic acid groups (broad SMARTS) is 2. The Morgan fingerprint density at radius 2 is 1.50 bits per heavy atom. The van der Waals surface area contributed by atoms with Gasteiger partial charge in [0, 0.05) is 19.0 Å². The zero-order valence-electron chi connectivity index (χ0n) is 11.2. The SMILES string of the molecule is O=C(O)C1CCN(C(=O)C2C3CCCC32)CC1C(=O)O. The van der Waals surface area contributed by atoms with Gasteiger partial charge in [-0.25, -0.2) is 0 Å². The van der Waals surface area contributed by atoms with Crippen LogP contribution in [0.1, 0.15) is 25.7 Å². The van der Waals surface area contributed by atoms with Gasteiger partial charge in [0.2, 0.25) is 5.91 Å². The molecule has 3 aliphatic rings. The molecule has 110 valence electrons. The minimum Gasteiger partial charge on any atom is -0.481 e. The summed E-state index contributed by atoms with van der Waals surface area (Å²) in [7, 11) is 0. The second-order valence-corrected chi connectivity index (χ2v) is 6.25. The van der Waals surface area contributed by atoms with Crippen molar-refractivity contribution in [2.45, 2.75) is 25.7 Å². The number of piperidine rings is 1. The van der Waals surface area contributed by atoms with Crippen LogP contribution < -0.4 is 0 Å². The Kier molecular flexibility index (Phi) is 3.18. The van der Waals surface area contributed by atoms with Gasteiger partial charge in [-0.1, -0.05) is 6.42 Å². The number of carboxylic acids is 2. The van der Waals surface area contributed by atoms with Gasteiger partial charge in [0.25, 0.3) is 0 Å². The molecule has 0 aromatic rings. The lowest BCUT2D eigenvalue weighted by Gasteiger charge is -2.35. The Labute approximate surface area is 116 Å². The van der Waals surface area contributed by atoms with E-state index in [2.05, 4.69) is 0 Å². The monoisotopic (exact) mass is 281 g/mol. The largest absolute Gasteiger partial charge is 0.481 e. The van der Waals surface area contributed by atoms with E-state index >= 15 is 0 Å². The van der Waals surface area contributed by atoms with E-state index in [1.54, 1.807) is 4.90 Å². The van der Waals surface area contributed by atoms with Crippen molar-refractivity contribution in [1.82, 2.24) is 4.90 Å². The van der Waals surface area contributed by atoms with Gasteiger partial charge >= 0.3 is 11.9 Å². The summed E-state index contributed by atoms with van der Waals surface area (Å²) < 4.78 is 0. The fourth-order valence-corrected chi connectivity index (χ4v) is 4.10. The molecule has 4 atom stereocenters. The van der Waals surface area contributed by atoms with Crippen molar-refractivity contribution in [2.24, 2.45) is 29.6 Å². The van der Waals surface area contributed by atoms with E-state index in [0.717, 1.165) is 12.8 Å². The topological polar surface area (TPSA) is 94.9 Å². The van der Waals surface area contributed by atoms with Gasteiger partial charge in [-0.3, -0.25) is 14.4 Å². The Bertz CT molecular complexity index is 452. The summed E-state index contributed by atoms with van der Waals surface area (Å²) in [6, 6.07) is 0. The minimum atomic E-state index is -1.12. The summed E-state index contributed by atoms with van der Waals surface area (Å²) in [4.78, 5) is 36.3. The lowest BCUT2D eigenvalue weighted by atomic mass is 9.85. The second-order valence-electron chi connectivity index (χ2n) is 6.25. The number of nitrogens with zero attached hydrogens (tertiary/aromatic N) is 1. The van der Waals surface area contributed by atoms with Crippen molar-refractivity contribution in [1.29, 1.82) is 0 Å². The average molecular weight is 281 g/mol. The first kappa shape index (κ1) is 13.4. The smallest absolute Gasteiger partial charge is 0.309 e. The molecular formula is C14H19NO5. The number of aliphatic carboxylic acids is 2. The Morgan fingerprint density at radius 3 is 2.05 bits per heavy atom. The number of hydrogen-bond donors (Lipinski definition) is 2. The van der Waals surface area contributed by atoms with Crippen LogP contribution >= 0.6 is 0 Å². The van der Waals surface area contributed by atoms with Crippen molar-refractivity contribution >= 4 is 17.8 Å². The van der Waals surface area contributed by atoms with Gasteiger partial charge in [-0.15, -0.1) is 0 Å². The van der Waals surface area contributed by atoms with Crippen LogP contribution in [0.2, 0.25) is 0 Å². The zero-order valence-corrected chi connectivity index (χ0v) is 11.2. The molecule has 0 bridgehead atoms. The van der Waals surface area contributed by atoms with Crippen LogP contribution in [-0.2, 0) is 14.4 Å². The molecule has 3 rings (SSSR count). The fraction of sp³-hybridized carbons (Fsp3) is 0.786. The molecule has 1 amide bonds. The summed E-state index contributed by atoms with van der Waals surface area (Å²) in [5.74, 6) is -2.92. The first-order chi connectivity index (χ1) is 9.50. The Hall–Kier alpha value is -1.59. The van der Waals surface area contributed by atoms with Gasteiger partial charge in [0.1, 0.15) is 0 Å². The lowest BCUT2D eigenvalue weighted by molar-refractivity contribution is -0.159. The molecule has 3 fully saturated rings. The standard InChI is InChI=1S/C14H19NO5/c16-12(11-7-2-1-3-8(7)11)15-5-4-9(13(17)18)10(6-15)14(19)20/h7-11H,1-6H2,(H,17,18)(H,19,20). The predicted molar refractivity (Wildman–Crippen MR) is 67.8 cm³/mol. The van der Waals surface area contributed by atoms with Crippen LogP contribution in [0.15, 0.2) is 0 Å². The van der Waals surface area contributed by atoms with Crippen LogP contribution in [0, 0.1) is 29.6 Å². The molecule has 4 unspecified atom stereocenters. The maximum Gasteiger partial charge on any atom is 0.309 e. The first-order valence-corrected chi connectivity index (χ1v) is 7.25. The molecule has 2 saturated carbocycles. The fourth-order valence-electron chi connectivity index (χ4n) is 4.10. The third-order valence-corrected chi connectivity index (χ3v) is 5.25. The summed E-state index contributed by atoms with van der Waals surface area (Å²) >= 11 is 0. The van der Waals surface area contributed by atoms with Crippen LogP contribution in [0.3, 0.4) is 0 Å². The van der Waals surface area contributed by atoms with Crippen LogP contribution in [0.5, 0.6) is 0 Å². The number of likely N-dealkylation sites (tertiary alicyclic amines) is 1. The molecule has 0 radical (unpaired) electrons. The maximum absolute atomic E-state index is 12.4. The highest BCUT2D eigenvalue weighted by Crippen LogP contribution is 2.58. The number of amides is 1. The van der Waals surface area contributed by atoms with Crippen molar-refractivity contribution in [2.75, 3.05) is 13.1 Å². The van der Waals surface area contributed by atoms with Gasteiger partial charge in [0.05, 0.1) is 11.8 Å². The zero-order chi connectivity index (χ0) is 14.4. The van der Waals surface area contributed by atoms with E-state index in [0.29, 0.717) is 18.4 Å². The van der Waals surface area contributed by atoms with E-state index in [-0.39, 0.29) is 24.8 Å². The quantitative estimate of drug-likeness (QED) is 0.792. The number of rotatable bonds is 3. The Morgan fingerprint density at radius 1 is 0.900 bits per heavy atom. The normalized spacial score (nSPS) is 39.2. The molecule has 6 heteroatoms. The van der Waals surface area contributed by atoms with Gasteiger partial charge in [-0.05, 0) is 31.1 Å². The molecule has 1 saturated heterocycles. The Balaban J connectivity index is 1.66. The van der Waals surface area contributed by atoms with Crippen molar-refractivity contribution in [3.8, 4) is 0 Å². The minimum absolute atomic E-state index is 0.0427. The number of hydrogen-bond acceptors (Lipinski definition) is 3. The first-order valence-electron chi connectivity index (χ1n) is 7.25. The van der Waals surface area contributed by atoms with Crippen molar-refractivity contribution in [3.05, 3.63) is 0 Å². The highest BCUT2D eigenvalue weighted by molar-refractivity contribution is 5.85. The van der Waals surface area contributed by atoms with Crippen molar-refractivity contribution < 1.29 is 24.6 Å². The highest BCUT2D eigenvalue weighted by Gasteiger charge is 2.58. The maximum atomic E-state index is 12.4. The third-order valence-electron chi connectivity index (χ3n) is 5.25. The molecule has 1 aliphatic heterocycles. The molecule has 2 aliphatic carbocycles. The van der Waals surface area contributed by atoms with Crippen LogP contribution in [0.4, 0.5) is 0 Å². The molecule has 0 aromatic carbocycles. The second kappa shape index (κ2) is 4.75. The molecular weight excluding hydrogens is 262 g/mol. The van der Waals surface area contributed by atoms with E-state index in [1.807, 2.05) is 0 Å². The highest BCUT2D eigenvalue weighted by atomic mass is 16.4. The summed E-state index contributed by atoms with van der Waals surface area (Å²) in [5.41, 5.74) is 0. The van der Waals surface area contributed by atoms with Gasteiger partial charge < -0.3 is 15.1 Å². The van der Waals surface area contributed by atoms with E-state index in [9.17, 15) is 19.5 Å². The molecule has 2 N–H and O–H groups in total. The van der Waals surface area contributed by atoms with Gasteiger partial charge in [0.15, 0.2) is 0 Å². The van der Waals surface area contributed by atoms with Crippen molar-refractivity contribution in [3.63, 3.8) is 0 Å². The van der Waals surface area contributed by atoms with Crippen LogP contribution in [0.25, 0.3) is 0 Å². The number of carbonyl (C=O) groups is 3. The van der Waals surface area contributed by atoms with Crippen LogP contribution in [-0.4, -0.2) is 46.0 Å². The summed E-state index contributed by atoms with van der Waals surface area (Å²) in [6.07, 6.45) is 3.64. The van der Waals surface area contributed by atoms with E-state index < -0.39 is 23.8 Å². The van der Waals surface area contributed by atoms with E-state index in [1.165, 1.54) is 6.42 Å². The molecule has 1 heterocycles. The molecule has 0 spiro atoms. The summed E-state index contributed by atoms with van der Waals surface area (Å²) in [6.45, 7) is 0.413. The molecule has 20 heavy (non-hydrogen) atoms. The lowest BCUT2D eigenvalue weighted by Crippen LogP contribution is -2.49. The summed E-state index contributed by atoms with van der Waals surface area (Å²) in [5, 5.41) is 18.2. The average Bonchev–Trinajstić information content (AvgIpc) is 2.89. The number of fused-ring (bicyclic) bond motifs is 1.